The Morgan fingerprint density at radius 3 is 2.36 bits per heavy atom. The van der Waals surface area contributed by atoms with E-state index in [0.717, 1.165) is 11.4 Å². The van der Waals surface area contributed by atoms with Crippen LogP contribution in [0.3, 0.4) is 0 Å². The number of thioether (sulfide) groups is 1. The molecule has 0 fully saturated rings. The second kappa shape index (κ2) is 8.57. The summed E-state index contributed by atoms with van der Waals surface area (Å²) in [5.74, 6) is -2.70. The van der Waals surface area contributed by atoms with Gasteiger partial charge in [-0.1, -0.05) is 23.9 Å². The SMILES string of the molecule is Cc1cc(C)nc(SCC(=O)NCC(C(=O)O)c2ccc(F)cc2)n1. The van der Waals surface area contributed by atoms with E-state index in [2.05, 4.69) is 15.3 Å². The molecule has 0 aliphatic rings. The molecule has 0 aliphatic carbocycles. The first-order valence-corrected chi connectivity index (χ1v) is 8.54. The van der Waals surface area contributed by atoms with E-state index in [9.17, 15) is 19.1 Å². The maximum Gasteiger partial charge on any atom is 0.312 e. The smallest absolute Gasteiger partial charge is 0.312 e. The number of aliphatic carboxylic acids is 1. The van der Waals surface area contributed by atoms with Crippen molar-refractivity contribution < 1.29 is 19.1 Å². The fraction of sp³-hybridized carbons (Fsp3) is 0.294. The molecule has 2 aromatic rings. The maximum absolute atomic E-state index is 13.0. The van der Waals surface area contributed by atoms with Crippen molar-refractivity contribution in [3.8, 4) is 0 Å². The van der Waals surface area contributed by atoms with Crippen LogP contribution in [0.4, 0.5) is 4.39 Å². The van der Waals surface area contributed by atoms with Crippen LogP contribution in [0.5, 0.6) is 0 Å². The number of rotatable bonds is 7. The van der Waals surface area contributed by atoms with E-state index in [0.29, 0.717) is 10.7 Å². The Bertz CT molecular complexity index is 748. The molecule has 1 aromatic heterocycles. The van der Waals surface area contributed by atoms with E-state index in [4.69, 9.17) is 0 Å². The van der Waals surface area contributed by atoms with Gasteiger partial charge in [0.1, 0.15) is 5.82 Å². The van der Waals surface area contributed by atoms with E-state index < -0.39 is 17.7 Å². The molecule has 1 amide bonds. The second-order valence-electron chi connectivity index (χ2n) is 5.47. The molecular formula is C17H18FN3O3S. The fourth-order valence-corrected chi connectivity index (χ4v) is 2.98. The van der Waals surface area contributed by atoms with Gasteiger partial charge in [-0.3, -0.25) is 9.59 Å². The highest BCUT2D eigenvalue weighted by molar-refractivity contribution is 7.99. The number of carboxylic acids is 1. The molecule has 0 aliphatic heterocycles. The highest BCUT2D eigenvalue weighted by atomic mass is 32.2. The molecule has 132 valence electrons. The van der Waals surface area contributed by atoms with Gasteiger partial charge in [0.15, 0.2) is 5.16 Å². The summed E-state index contributed by atoms with van der Waals surface area (Å²) in [5, 5.41) is 12.4. The van der Waals surface area contributed by atoms with Gasteiger partial charge in [-0.05, 0) is 37.6 Å². The Hall–Kier alpha value is -2.48. The summed E-state index contributed by atoms with van der Waals surface area (Å²) in [4.78, 5) is 31.8. The van der Waals surface area contributed by atoms with Crippen LogP contribution in [0.25, 0.3) is 0 Å². The number of carbonyl (C=O) groups is 2. The van der Waals surface area contributed by atoms with Crippen LogP contribution < -0.4 is 5.32 Å². The molecule has 6 nitrogen and oxygen atoms in total. The topological polar surface area (TPSA) is 92.2 Å². The zero-order chi connectivity index (χ0) is 18.4. The Balaban J connectivity index is 1.90. The van der Waals surface area contributed by atoms with Gasteiger partial charge in [0.2, 0.25) is 5.91 Å². The zero-order valence-electron chi connectivity index (χ0n) is 13.8. The zero-order valence-corrected chi connectivity index (χ0v) is 14.6. The van der Waals surface area contributed by atoms with Gasteiger partial charge >= 0.3 is 5.97 Å². The van der Waals surface area contributed by atoms with Gasteiger partial charge in [-0.2, -0.15) is 0 Å². The molecule has 0 bridgehead atoms. The van der Waals surface area contributed by atoms with Crippen molar-refractivity contribution in [2.45, 2.75) is 24.9 Å². The Kier molecular flexibility index (Phi) is 6.46. The molecule has 1 heterocycles. The lowest BCUT2D eigenvalue weighted by Crippen LogP contribution is -2.32. The number of aromatic nitrogens is 2. The average Bonchev–Trinajstić information content (AvgIpc) is 2.53. The van der Waals surface area contributed by atoms with Crippen LogP contribution in [-0.4, -0.2) is 39.2 Å². The molecule has 1 unspecified atom stereocenters. The maximum atomic E-state index is 13.0. The number of aryl methyl sites for hydroxylation is 2. The second-order valence-corrected chi connectivity index (χ2v) is 6.41. The van der Waals surface area contributed by atoms with Crippen molar-refractivity contribution in [3.05, 3.63) is 53.1 Å². The summed E-state index contributed by atoms with van der Waals surface area (Å²) in [6.07, 6.45) is 0. The third kappa shape index (κ3) is 5.82. The predicted molar refractivity (Wildman–Crippen MR) is 92.0 cm³/mol. The highest BCUT2D eigenvalue weighted by Gasteiger charge is 2.20. The van der Waals surface area contributed by atoms with E-state index in [1.807, 2.05) is 19.9 Å². The molecule has 0 radical (unpaired) electrons. The molecule has 0 saturated heterocycles. The van der Waals surface area contributed by atoms with Gasteiger partial charge in [0.05, 0.1) is 11.7 Å². The summed E-state index contributed by atoms with van der Waals surface area (Å²) in [7, 11) is 0. The number of nitrogens with zero attached hydrogens (tertiary/aromatic N) is 2. The van der Waals surface area contributed by atoms with Gasteiger partial charge in [-0.15, -0.1) is 0 Å². The number of amides is 1. The number of benzene rings is 1. The van der Waals surface area contributed by atoms with Crippen LogP contribution >= 0.6 is 11.8 Å². The van der Waals surface area contributed by atoms with Crippen molar-refractivity contribution >= 4 is 23.6 Å². The molecule has 0 spiro atoms. The molecule has 0 saturated carbocycles. The summed E-state index contributed by atoms with van der Waals surface area (Å²) in [6, 6.07) is 7.03. The van der Waals surface area contributed by atoms with E-state index in [-0.39, 0.29) is 18.2 Å². The molecule has 2 rings (SSSR count). The lowest BCUT2D eigenvalue weighted by atomic mass is 9.99. The lowest BCUT2D eigenvalue weighted by molar-refractivity contribution is -0.138. The first-order chi connectivity index (χ1) is 11.8. The van der Waals surface area contributed by atoms with Crippen molar-refractivity contribution in [1.29, 1.82) is 0 Å². The lowest BCUT2D eigenvalue weighted by Gasteiger charge is -2.13. The quantitative estimate of drug-likeness (QED) is 0.579. The summed E-state index contributed by atoms with van der Waals surface area (Å²) in [5.41, 5.74) is 2.06. The number of carboxylic acid groups (broad SMARTS) is 1. The van der Waals surface area contributed by atoms with Crippen molar-refractivity contribution in [1.82, 2.24) is 15.3 Å². The van der Waals surface area contributed by atoms with Crippen molar-refractivity contribution in [2.24, 2.45) is 0 Å². The number of hydrogen-bond donors (Lipinski definition) is 2. The summed E-state index contributed by atoms with van der Waals surface area (Å²) in [6.45, 7) is 3.62. The van der Waals surface area contributed by atoms with Gasteiger partial charge in [0, 0.05) is 17.9 Å². The van der Waals surface area contributed by atoms with E-state index >= 15 is 0 Å². The minimum atomic E-state index is -1.09. The largest absolute Gasteiger partial charge is 0.481 e. The molecule has 2 N–H and O–H groups in total. The number of nitrogens with one attached hydrogen (secondary N) is 1. The standard InChI is InChI=1S/C17H18FN3O3S/c1-10-7-11(2)21-17(20-10)25-9-15(22)19-8-14(16(23)24)12-3-5-13(18)6-4-12/h3-7,14H,8-9H2,1-2H3,(H,19,22)(H,23,24). The number of hydrogen-bond acceptors (Lipinski definition) is 5. The number of halogens is 1. The van der Waals surface area contributed by atoms with Crippen molar-refractivity contribution in [3.63, 3.8) is 0 Å². The van der Waals surface area contributed by atoms with Gasteiger partial charge in [-0.25, -0.2) is 14.4 Å². The Morgan fingerprint density at radius 1 is 1.20 bits per heavy atom. The van der Waals surface area contributed by atoms with Crippen LogP contribution in [-0.2, 0) is 9.59 Å². The fourth-order valence-electron chi connectivity index (χ4n) is 2.20. The third-order valence-electron chi connectivity index (χ3n) is 3.37. The molecule has 25 heavy (non-hydrogen) atoms. The van der Waals surface area contributed by atoms with Crippen LogP contribution in [0, 0.1) is 19.7 Å². The van der Waals surface area contributed by atoms with Crippen LogP contribution in [0.15, 0.2) is 35.5 Å². The molecule has 1 aromatic carbocycles. The molecule has 1 atom stereocenters. The van der Waals surface area contributed by atoms with Crippen molar-refractivity contribution in [2.75, 3.05) is 12.3 Å². The minimum Gasteiger partial charge on any atom is -0.481 e. The van der Waals surface area contributed by atoms with Gasteiger partial charge in [0.25, 0.3) is 0 Å². The first-order valence-electron chi connectivity index (χ1n) is 7.55. The summed E-state index contributed by atoms with van der Waals surface area (Å²) >= 11 is 1.18. The van der Waals surface area contributed by atoms with E-state index in [1.165, 1.54) is 36.0 Å². The molecule has 8 heteroatoms. The average molecular weight is 363 g/mol. The minimum absolute atomic E-state index is 0.0753. The van der Waals surface area contributed by atoms with Crippen LogP contribution in [0.2, 0.25) is 0 Å². The van der Waals surface area contributed by atoms with Gasteiger partial charge < -0.3 is 10.4 Å². The normalized spacial score (nSPS) is 11.8. The Morgan fingerprint density at radius 2 is 1.80 bits per heavy atom. The van der Waals surface area contributed by atoms with Crippen LogP contribution in [0.1, 0.15) is 22.9 Å². The Labute approximate surface area is 148 Å². The third-order valence-corrected chi connectivity index (χ3v) is 4.22. The highest BCUT2D eigenvalue weighted by Crippen LogP contribution is 2.17. The van der Waals surface area contributed by atoms with E-state index in [1.54, 1.807) is 0 Å². The monoisotopic (exact) mass is 363 g/mol. The number of carbonyl (C=O) groups excluding carboxylic acids is 1. The predicted octanol–water partition coefficient (Wildman–Crippen LogP) is 2.31. The molecular weight excluding hydrogens is 345 g/mol. The first kappa shape index (κ1) is 18.9. The summed E-state index contributed by atoms with van der Waals surface area (Å²) < 4.78 is 13.0.